The van der Waals surface area contributed by atoms with Crippen molar-refractivity contribution >= 4 is 18.2 Å². The SMILES string of the molecule is CC1(C)OCC(C(=O)OCc2ccccc2)(c2ccccc2)[N+]1(C(=O)O)C(=O)OCc1ccccc1. The number of carbonyl (C=O) groups excluding carboxylic acids is 2. The number of nitrogens with zero attached hydrogens (tertiary/aromatic N) is 1. The van der Waals surface area contributed by atoms with Gasteiger partial charge in [0.2, 0.25) is 5.72 Å². The Morgan fingerprint density at radius 1 is 0.806 bits per heavy atom. The number of esters is 1. The summed E-state index contributed by atoms with van der Waals surface area (Å²) in [5, 5.41) is 10.7. The fourth-order valence-corrected chi connectivity index (χ4v) is 4.74. The summed E-state index contributed by atoms with van der Waals surface area (Å²) >= 11 is 0. The van der Waals surface area contributed by atoms with Gasteiger partial charge in [0.1, 0.15) is 19.8 Å². The van der Waals surface area contributed by atoms with E-state index in [1.54, 1.807) is 78.9 Å². The van der Waals surface area contributed by atoms with Crippen LogP contribution in [0.3, 0.4) is 0 Å². The van der Waals surface area contributed by atoms with Gasteiger partial charge in [-0.2, -0.15) is 9.59 Å². The number of amides is 2. The van der Waals surface area contributed by atoms with Crippen LogP contribution >= 0.6 is 0 Å². The second-order valence-electron chi connectivity index (χ2n) is 9.02. The summed E-state index contributed by atoms with van der Waals surface area (Å²) in [7, 11) is 0. The van der Waals surface area contributed by atoms with Gasteiger partial charge < -0.3 is 19.3 Å². The van der Waals surface area contributed by atoms with Crippen LogP contribution in [-0.2, 0) is 37.8 Å². The van der Waals surface area contributed by atoms with Crippen molar-refractivity contribution in [2.24, 2.45) is 0 Å². The molecule has 1 fully saturated rings. The van der Waals surface area contributed by atoms with Crippen LogP contribution in [0.15, 0.2) is 91.0 Å². The van der Waals surface area contributed by atoms with E-state index in [1.165, 1.54) is 13.8 Å². The van der Waals surface area contributed by atoms with Crippen LogP contribution in [0.25, 0.3) is 0 Å². The molecular weight excluding hydrogens is 462 g/mol. The highest BCUT2D eigenvalue weighted by molar-refractivity contribution is 5.89. The normalized spacial score (nSPS) is 22.5. The topological polar surface area (TPSA) is 99.1 Å². The molecule has 8 nitrogen and oxygen atoms in total. The lowest BCUT2D eigenvalue weighted by molar-refractivity contribution is -0.883. The molecule has 4 rings (SSSR count). The van der Waals surface area contributed by atoms with E-state index in [0.717, 1.165) is 0 Å². The highest BCUT2D eigenvalue weighted by atomic mass is 16.6. The highest BCUT2D eigenvalue weighted by Gasteiger charge is 2.81. The second kappa shape index (κ2) is 9.93. The first kappa shape index (κ1) is 25.1. The minimum Gasteiger partial charge on any atom is -0.456 e. The lowest BCUT2D eigenvalue weighted by atomic mass is 9.86. The van der Waals surface area contributed by atoms with Crippen LogP contribution in [0.4, 0.5) is 9.59 Å². The quantitative estimate of drug-likeness (QED) is 0.373. The molecule has 3 aromatic rings. The molecule has 3 aromatic carbocycles. The maximum Gasteiger partial charge on any atom is 0.530 e. The molecule has 0 aliphatic carbocycles. The van der Waals surface area contributed by atoms with Crippen LogP contribution < -0.4 is 0 Å². The average Bonchev–Trinajstić information content (AvgIpc) is 3.16. The van der Waals surface area contributed by atoms with E-state index in [2.05, 4.69) is 0 Å². The predicted molar refractivity (Wildman–Crippen MR) is 129 cm³/mol. The second-order valence-corrected chi connectivity index (χ2v) is 9.02. The molecule has 186 valence electrons. The van der Waals surface area contributed by atoms with E-state index >= 15 is 0 Å². The van der Waals surface area contributed by atoms with Gasteiger partial charge in [0.25, 0.3) is 5.54 Å². The van der Waals surface area contributed by atoms with Gasteiger partial charge in [0.15, 0.2) is 0 Å². The number of rotatable bonds is 6. The zero-order chi connectivity index (χ0) is 25.8. The molecule has 0 bridgehead atoms. The van der Waals surface area contributed by atoms with Crippen molar-refractivity contribution in [3.63, 3.8) is 0 Å². The van der Waals surface area contributed by atoms with E-state index in [0.29, 0.717) is 11.1 Å². The molecular formula is C28H28NO7+. The molecule has 8 heteroatoms. The van der Waals surface area contributed by atoms with Crippen LogP contribution in [-0.4, -0.2) is 40.1 Å². The van der Waals surface area contributed by atoms with Crippen LogP contribution in [0.1, 0.15) is 30.5 Å². The van der Waals surface area contributed by atoms with Gasteiger partial charge in [0.05, 0.1) is 0 Å². The Hall–Kier alpha value is -4.01. The summed E-state index contributed by atoms with van der Waals surface area (Å²) in [6, 6.07) is 26.1. The third kappa shape index (κ3) is 4.04. The van der Waals surface area contributed by atoms with Gasteiger partial charge >= 0.3 is 18.2 Å². The monoisotopic (exact) mass is 490 g/mol. The Morgan fingerprint density at radius 2 is 1.28 bits per heavy atom. The molecule has 0 spiro atoms. The van der Waals surface area contributed by atoms with E-state index in [4.69, 9.17) is 14.2 Å². The lowest BCUT2D eigenvalue weighted by Crippen LogP contribution is -2.75. The number of quaternary nitrogens is 1. The Morgan fingerprint density at radius 3 is 1.78 bits per heavy atom. The number of carboxylic acid groups (broad SMARTS) is 1. The molecule has 2 atom stereocenters. The zero-order valence-electron chi connectivity index (χ0n) is 20.1. The fourth-order valence-electron chi connectivity index (χ4n) is 4.74. The summed E-state index contributed by atoms with van der Waals surface area (Å²) in [5.41, 5.74) is -2.07. The van der Waals surface area contributed by atoms with Crippen LogP contribution in [0.2, 0.25) is 0 Å². The van der Waals surface area contributed by atoms with Gasteiger partial charge in [-0.3, -0.25) is 0 Å². The maximum absolute atomic E-state index is 13.9. The zero-order valence-corrected chi connectivity index (χ0v) is 20.1. The van der Waals surface area contributed by atoms with Gasteiger partial charge in [0, 0.05) is 19.4 Å². The van der Waals surface area contributed by atoms with Crippen molar-refractivity contribution in [2.45, 2.75) is 38.3 Å². The summed E-state index contributed by atoms with van der Waals surface area (Å²) in [4.78, 5) is 40.9. The van der Waals surface area contributed by atoms with E-state index in [1.807, 2.05) is 12.1 Å². The molecule has 1 aliphatic rings. The molecule has 0 radical (unpaired) electrons. The summed E-state index contributed by atoms with van der Waals surface area (Å²) < 4.78 is 15.7. The molecule has 0 saturated carbocycles. The van der Waals surface area contributed by atoms with Gasteiger partial charge in [-0.1, -0.05) is 95.5 Å². The smallest absolute Gasteiger partial charge is 0.456 e. The van der Waals surface area contributed by atoms with Crippen molar-refractivity contribution in [1.29, 1.82) is 0 Å². The van der Waals surface area contributed by atoms with Gasteiger partial charge in [-0.25, -0.2) is 4.79 Å². The fraction of sp³-hybridized carbons (Fsp3) is 0.250. The number of carbonyl (C=O) groups is 3. The maximum atomic E-state index is 13.9. The van der Waals surface area contributed by atoms with Crippen molar-refractivity contribution in [2.75, 3.05) is 6.61 Å². The van der Waals surface area contributed by atoms with Crippen LogP contribution in [0, 0.1) is 0 Å². The van der Waals surface area contributed by atoms with E-state index in [9.17, 15) is 19.5 Å². The van der Waals surface area contributed by atoms with E-state index < -0.39 is 40.5 Å². The van der Waals surface area contributed by atoms with Gasteiger partial charge in [-0.15, -0.1) is 0 Å². The van der Waals surface area contributed by atoms with Gasteiger partial charge in [-0.05, 0) is 11.1 Å². The molecule has 1 aliphatic heterocycles. The Labute approximate surface area is 209 Å². The highest BCUT2D eigenvalue weighted by Crippen LogP contribution is 2.51. The number of hydrogen-bond acceptors (Lipinski definition) is 6. The largest absolute Gasteiger partial charge is 0.530 e. The predicted octanol–water partition coefficient (Wildman–Crippen LogP) is 5.22. The summed E-state index contributed by atoms with van der Waals surface area (Å²) in [6.45, 7) is 2.24. The molecule has 1 N–H and O–H groups in total. The molecule has 1 saturated heterocycles. The van der Waals surface area contributed by atoms with E-state index in [-0.39, 0.29) is 18.8 Å². The minimum atomic E-state index is -2.06. The Balaban J connectivity index is 1.82. The number of imide groups is 1. The average molecular weight is 491 g/mol. The minimum absolute atomic E-state index is 0.104. The third-order valence-corrected chi connectivity index (χ3v) is 6.58. The molecule has 36 heavy (non-hydrogen) atoms. The Kier molecular flexibility index (Phi) is 6.92. The summed E-state index contributed by atoms with van der Waals surface area (Å²) in [5.74, 6) is -0.901. The molecule has 1 heterocycles. The Bertz CT molecular complexity index is 1230. The van der Waals surface area contributed by atoms with Crippen LogP contribution in [0.5, 0.6) is 0 Å². The van der Waals surface area contributed by atoms with Crippen molar-refractivity contribution < 1.29 is 38.2 Å². The summed E-state index contributed by atoms with van der Waals surface area (Å²) in [6.07, 6.45) is -2.72. The van der Waals surface area contributed by atoms with Crippen molar-refractivity contribution in [1.82, 2.24) is 0 Å². The lowest BCUT2D eigenvalue weighted by Gasteiger charge is -2.42. The molecule has 0 aromatic heterocycles. The first-order valence-electron chi connectivity index (χ1n) is 11.5. The first-order valence-corrected chi connectivity index (χ1v) is 11.5. The molecule has 2 unspecified atom stereocenters. The number of benzene rings is 3. The van der Waals surface area contributed by atoms with Crippen molar-refractivity contribution in [3.05, 3.63) is 108 Å². The standard InChI is InChI=1S/C28H27NO7/c1-27(2)29(25(31)32,26(33)35-19-22-14-8-4-9-15-22)28(20-36-27,23-16-10-5-11-17-23)24(30)34-18-21-12-6-3-7-13-21/h3-17H,18-20H2,1-2H3/p+1. The molecule has 2 amide bonds. The number of hydrogen-bond donors (Lipinski definition) is 1. The first-order chi connectivity index (χ1) is 17.3. The number of ether oxygens (including phenoxy) is 3. The third-order valence-electron chi connectivity index (χ3n) is 6.58. The van der Waals surface area contributed by atoms with Crippen molar-refractivity contribution in [3.8, 4) is 0 Å².